The fourth-order valence-corrected chi connectivity index (χ4v) is 2.36. The first-order valence-electron chi connectivity index (χ1n) is 6.80. The van der Waals surface area contributed by atoms with Crippen LogP contribution in [0, 0.1) is 0 Å². The van der Waals surface area contributed by atoms with Gasteiger partial charge in [-0.3, -0.25) is 0 Å². The van der Waals surface area contributed by atoms with E-state index in [1.165, 1.54) is 12.8 Å². The molecule has 0 aromatic carbocycles. The minimum atomic E-state index is 0.148. The summed E-state index contributed by atoms with van der Waals surface area (Å²) in [7, 11) is 0. The molecule has 2 atom stereocenters. The lowest BCUT2D eigenvalue weighted by Crippen LogP contribution is -2.42. The first kappa shape index (κ1) is 13.1. The monoisotopic (exact) mass is 249 g/mol. The van der Waals surface area contributed by atoms with Crippen LogP contribution in [-0.2, 0) is 0 Å². The zero-order valence-corrected chi connectivity index (χ0v) is 11.2. The summed E-state index contributed by atoms with van der Waals surface area (Å²) in [5.74, 6) is 1.62. The van der Waals surface area contributed by atoms with E-state index in [1.54, 1.807) is 6.20 Å². The average Bonchev–Trinajstić information content (AvgIpc) is 2.34. The molecule has 0 spiro atoms. The molecule has 1 saturated carbocycles. The summed E-state index contributed by atoms with van der Waals surface area (Å²) in [6.45, 7) is 4.03. The lowest BCUT2D eigenvalue weighted by molar-refractivity contribution is 0.242. The van der Waals surface area contributed by atoms with Crippen molar-refractivity contribution in [1.82, 2.24) is 4.98 Å². The molecule has 4 nitrogen and oxygen atoms in total. The third-order valence-corrected chi connectivity index (χ3v) is 3.27. The zero-order valence-electron chi connectivity index (χ0n) is 11.2. The highest BCUT2D eigenvalue weighted by Gasteiger charge is 2.22. The molecule has 1 heterocycles. The number of hydrogen-bond donors (Lipinski definition) is 2. The van der Waals surface area contributed by atoms with Gasteiger partial charge in [-0.15, -0.1) is 0 Å². The van der Waals surface area contributed by atoms with E-state index in [2.05, 4.69) is 10.3 Å². The molecular formula is C14H23N3O. The van der Waals surface area contributed by atoms with Crippen LogP contribution in [0.25, 0.3) is 0 Å². The number of rotatable bonds is 4. The van der Waals surface area contributed by atoms with Crippen molar-refractivity contribution in [3.05, 3.63) is 18.3 Å². The maximum atomic E-state index is 6.15. The number of nitrogens with zero attached hydrogens (tertiary/aromatic N) is 1. The van der Waals surface area contributed by atoms with Crippen molar-refractivity contribution in [2.45, 2.75) is 57.7 Å². The van der Waals surface area contributed by atoms with Crippen molar-refractivity contribution in [1.29, 1.82) is 0 Å². The Morgan fingerprint density at radius 3 is 2.89 bits per heavy atom. The number of ether oxygens (including phenoxy) is 1. The van der Waals surface area contributed by atoms with Crippen molar-refractivity contribution < 1.29 is 4.74 Å². The Kier molecular flexibility index (Phi) is 4.42. The van der Waals surface area contributed by atoms with Gasteiger partial charge in [-0.05, 0) is 38.8 Å². The number of aromatic nitrogens is 1. The Morgan fingerprint density at radius 2 is 2.17 bits per heavy atom. The molecule has 1 aromatic rings. The Balaban J connectivity index is 2.07. The molecule has 1 aromatic heterocycles. The maximum absolute atomic E-state index is 6.15. The van der Waals surface area contributed by atoms with E-state index in [0.717, 1.165) is 24.4 Å². The zero-order chi connectivity index (χ0) is 13.0. The van der Waals surface area contributed by atoms with Gasteiger partial charge in [0.15, 0.2) is 11.6 Å². The third-order valence-electron chi connectivity index (χ3n) is 3.27. The number of pyridine rings is 1. The minimum Gasteiger partial charge on any atom is -0.487 e. The third kappa shape index (κ3) is 3.35. The smallest absolute Gasteiger partial charge is 0.169 e. The first-order chi connectivity index (χ1) is 8.66. The van der Waals surface area contributed by atoms with Gasteiger partial charge in [0.25, 0.3) is 0 Å². The molecule has 1 aliphatic carbocycles. The van der Waals surface area contributed by atoms with E-state index in [0.29, 0.717) is 6.04 Å². The van der Waals surface area contributed by atoms with Gasteiger partial charge in [0.05, 0.1) is 6.10 Å². The van der Waals surface area contributed by atoms with E-state index in [4.69, 9.17) is 10.5 Å². The molecule has 0 bridgehead atoms. The van der Waals surface area contributed by atoms with Crippen LogP contribution in [0.1, 0.15) is 39.5 Å². The topological polar surface area (TPSA) is 60.2 Å². The van der Waals surface area contributed by atoms with Crippen molar-refractivity contribution in [2.75, 3.05) is 5.32 Å². The van der Waals surface area contributed by atoms with Crippen molar-refractivity contribution in [2.24, 2.45) is 5.73 Å². The number of nitrogens with two attached hydrogens (primary N) is 1. The Bertz CT molecular complexity index is 381. The number of nitrogens with one attached hydrogen (secondary N) is 1. The summed E-state index contributed by atoms with van der Waals surface area (Å²) < 4.78 is 5.76. The lowest BCUT2D eigenvalue weighted by Gasteiger charge is -2.30. The highest BCUT2D eigenvalue weighted by atomic mass is 16.5. The fourth-order valence-electron chi connectivity index (χ4n) is 2.36. The molecular weight excluding hydrogens is 226 g/mol. The van der Waals surface area contributed by atoms with E-state index >= 15 is 0 Å². The van der Waals surface area contributed by atoms with E-state index in [9.17, 15) is 0 Å². The van der Waals surface area contributed by atoms with Gasteiger partial charge in [0.2, 0.25) is 0 Å². The molecule has 1 aliphatic rings. The van der Waals surface area contributed by atoms with Crippen LogP contribution in [0.4, 0.5) is 5.82 Å². The Labute approximate surface area is 109 Å². The minimum absolute atomic E-state index is 0.148. The quantitative estimate of drug-likeness (QED) is 0.861. The first-order valence-corrected chi connectivity index (χ1v) is 6.80. The average molecular weight is 249 g/mol. The molecule has 0 unspecified atom stereocenters. The molecule has 0 amide bonds. The van der Waals surface area contributed by atoms with Crippen LogP contribution < -0.4 is 15.8 Å². The van der Waals surface area contributed by atoms with Gasteiger partial charge in [-0.2, -0.15) is 0 Å². The Morgan fingerprint density at radius 1 is 1.39 bits per heavy atom. The summed E-state index contributed by atoms with van der Waals surface area (Å²) in [6, 6.07) is 4.36. The van der Waals surface area contributed by atoms with Crippen LogP contribution >= 0.6 is 0 Å². The summed E-state index contributed by atoms with van der Waals surface area (Å²) in [5, 5.41) is 3.44. The highest BCUT2D eigenvalue weighted by molar-refractivity contribution is 5.50. The van der Waals surface area contributed by atoms with Gasteiger partial charge < -0.3 is 15.8 Å². The highest BCUT2D eigenvalue weighted by Crippen LogP contribution is 2.26. The standard InChI is InChI=1S/C14H23N3O/c1-10(2)18-13-8-5-9-16-14(13)17-12-7-4-3-6-11(12)15/h5,8-12H,3-4,6-7,15H2,1-2H3,(H,16,17)/t11-,12-/m1/s1. The van der Waals surface area contributed by atoms with Crippen molar-refractivity contribution in [3.8, 4) is 5.75 Å². The lowest BCUT2D eigenvalue weighted by atomic mass is 9.91. The predicted octanol–water partition coefficient (Wildman–Crippen LogP) is 2.55. The summed E-state index contributed by atoms with van der Waals surface area (Å²) in [5.41, 5.74) is 6.15. The molecule has 3 N–H and O–H groups in total. The van der Waals surface area contributed by atoms with Gasteiger partial charge in [0, 0.05) is 18.3 Å². The van der Waals surface area contributed by atoms with Crippen LogP contribution in [0.2, 0.25) is 0 Å². The van der Waals surface area contributed by atoms with Gasteiger partial charge in [0.1, 0.15) is 0 Å². The SMILES string of the molecule is CC(C)Oc1cccnc1N[C@@H]1CCCC[C@H]1N. The summed E-state index contributed by atoms with van der Waals surface area (Å²) in [6.07, 6.45) is 6.60. The molecule has 0 saturated heterocycles. The van der Waals surface area contributed by atoms with Gasteiger partial charge in [-0.1, -0.05) is 12.8 Å². The second kappa shape index (κ2) is 6.05. The molecule has 100 valence electrons. The molecule has 1 fully saturated rings. The molecule has 2 rings (SSSR count). The van der Waals surface area contributed by atoms with Crippen LogP contribution in [0.3, 0.4) is 0 Å². The second-order valence-electron chi connectivity index (χ2n) is 5.22. The molecule has 4 heteroatoms. The van der Waals surface area contributed by atoms with Crippen LogP contribution in [-0.4, -0.2) is 23.2 Å². The van der Waals surface area contributed by atoms with Gasteiger partial charge in [-0.25, -0.2) is 4.98 Å². The fraction of sp³-hybridized carbons (Fsp3) is 0.643. The number of anilines is 1. The van der Waals surface area contributed by atoms with E-state index < -0.39 is 0 Å². The molecule has 0 radical (unpaired) electrons. The normalized spacial score (nSPS) is 24.0. The number of hydrogen-bond acceptors (Lipinski definition) is 4. The summed E-state index contributed by atoms with van der Waals surface area (Å²) in [4.78, 5) is 4.37. The van der Waals surface area contributed by atoms with Gasteiger partial charge >= 0.3 is 0 Å². The largest absolute Gasteiger partial charge is 0.487 e. The predicted molar refractivity (Wildman–Crippen MR) is 73.9 cm³/mol. The summed E-state index contributed by atoms with van der Waals surface area (Å²) >= 11 is 0. The molecule has 0 aliphatic heterocycles. The van der Waals surface area contributed by atoms with E-state index in [1.807, 2.05) is 26.0 Å². The van der Waals surface area contributed by atoms with Crippen molar-refractivity contribution in [3.63, 3.8) is 0 Å². The van der Waals surface area contributed by atoms with E-state index in [-0.39, 0.29) is 12.1 Å². The van der Waals surface area contributed by atoms with Crippen LogP contribution in [0.15, 0.2) is 18.3 Å². The van der Waals surface area contributed by atoms with Crippen LogP contribution in [0.5, 0.6) is 5.75 Å². The second-order valence-corrected chi connectivity index (χ2v) is 5.22. The Hall–Kier alpha value is -1.29. The maximum Gasteiger partial charge on any atom is 0.169 e. The molecule has 18 heavy (non-hydrogen) atoms. The van der Waals surface area contributed by atoms with Crippen molar-refractivity contribution >= 4 is 5.82 Å².